The molecule has 0 aromatic heterocycles. The molecular formula is C15H21N. The first-order valence-electron chi connectivity index (χ1n) is 6.17. The molecule has 0 spiro atoms. The zero-order valence-corrected chi connectivity index (χ0v) is 10.7. The van der Waals surface area contributed by atoms with E-state index in [4.69, 9.17) is 0 Å². The van der Waals surface area contributed by atoms with E-state index in [2.05, 4.69) is 57.4 Å². The zero-order chi connectivity index (χ0) is 11.7. The fourth-order valence-electron chi connectivity index (χ4n) is 2.40. The summed E-state index contributed by atoms with van der Waals surface area (Å²) in [6, 6.07) is 6.69. The summed E-state index contributed by atoms with van der Waals surface area (Å²) in [7, 11) is 0. The lowest BCUT2D eigenvalue weighted by Crippen LogP contribution is -2.17. The van der Waals surface area contributed by atoms with Crippen LogP contribution in [0, 0.1) is 5.92 Å². The lowest BCUT2D eigenvalue weighted by atomic mass is 9.83. The summed E-state index contributed by atoms with van der Waals surface area (Å²) < 4.78 is 0. The predicted molar refractivity (Wildman–Crippen MR) is 70.2 cm³/mol. The van der Waals surface area contributed by atoms with Crippen molar-refractivity contribution in [3.63, 3.8) is 0 Å². The van der Waals surface area contributed by atoms with Crippen LogP contribution in [0.5, 0.6) is 0 Å². The maximum atomic E-state index is 3.38. The highest BCUT2D eigenvalue weighted by Gasteiger charge is 2.19. The third-order valence-corrected chi connectivity index (χ3v) is 3.27. The average molecular weight is 215 g/mol. The summed E-state index contributed by atoms with van der Waals surface area (Å²) >= 11 is 0. The second-order valence-corrected chi connectivity index (χ2v) is 5.17. The van der Waals surface area contributed by atoms with Crippen molar-refractivity contribution in [1.29, 1.82) is 0 Å². The van der Waals surface area contributed by atoms with Gasteiger partial charge >= 0.3 is 0 Å². The molecule has 1 aliphatic heterocycles. The molecule has 1 aromatic rings. The van der Waals surface area contributed by atoms with Gasteiger partial charge in [-0.2, -0.15) is 0 Å². The van der Waals surface area contributed by atoms with Gasteiger partial charge in [0.1, 0.15) is 0 Å². The zero-order valence-electron chi connectivity index (χ0n) is 10.7. The molecule has 1 aliphatic rings. The Hall–Kier alpha value is -1.24. The maximum absolute atomic E-state index is 3.38. The van der Waals surface area contributed by atoms with Gasteiger partial charge in [-0.1, -0.05) is 45.9 Å². The molecule has 0 aliphatic carbocycles. The van der Waals surface area contributed by atoms with Crippen molar-refractivity contribution in [2.24, 2.45) is 5.92 Å². The largest absolute Gasteiger partial charge is 0.387 e. The van der Waals surface area contributed by atoms with Gasteiger partial charge in [0.15, 0.2) is 0 Å². The topological polar surface area (TPSA) is 12.0 Å². The number of fused-ring (bicyclic) bond motifs is 1. The summed E-state index contributed by atoms with van der Waals surface area (Å²) in [5, 5.41) is 3.38. The monoisotopic (exact) mass is 215 g/mol. The Labute approximate surface area is 98.6 Å². The second kappa shape index (κ2) is 4.32. The van der Waals surface area contributed by atoms with Crippen LogP contribution in [0.1, 0.15) is 50.3 Å². The molecule has 0 unspecified atom stereocenters. The first kappa shape index (κ1) is 11.3. The molecule has 0 fully saturated rings. The van der Waals surface area contributed by atoms with E-state index in [-0.39, 0.29) is 0 Å². The fourth-order valence-corrected chi connectivity index (χ4v) is 2.40. The third-order valence-electron chi connectivity index (χ3n) is 3.27. The molecule has 86 valence electrons. The highest BCUT2D eigenvalue weighted by atomic mass is 14.8. The Morgan fingerprint density at radius 3 is 2.44 bits per heavy atom. The van der Waals surface area contributed by atoms with E-state index >= 15 is 0 Å². The van der Waals surface area contributed by atoms with Crippen LogP contribution >= 0.6 is 0 Å². The van der Waals surface area contributed by atoms with Crippen LogP contribution in [0.15, 0.2) is 24.4 Å². The predicted octanol–water partition coefficient (Wildman–Crippen LogP) is 3.91. The molecule has 0 radical (unpaired) electrons. The van der Waals surface area contributed by atoms with Crippen LogP contribution in [0.3, 0.4) is 0 Å². The molecular weight excluding hydrogens is 194 g/mol. The van der Waals surface area contributed by atoms with Gasteiger partial charge in [0.2, 0.25) is 0 Å². The van der Waals surface area contributed by atoms with Gasteiger partial charge < -0.3 is 5.32 Å². The van der Waals surface area contributed by atoms with Gasteiger partial charge in [-0.15, -0.1) is 0 Å². The van der Waals surface area contributed by atoms with Crippen molar-refractivity contribution in [2.75, 3.05) is 0 Å². The minimum absolute atomic E-state index is 0.575. The molecule has 0 bridgehead atoms. The van der Waals surface area contributed by atoms with E-state index in [0.29, 0.717) is 11.8 Å². The standard InChI is InChI=1S/C15H21N/c1-10(2)13-7-5-6-12-8-16-9-14(11(3)4)15(12)13/h5-7,9-11,16H,8H2,1-4H3. The molecule has 0 saturated heterocycles. The molecule has 0 amide bonds. The molecule has 2 rings (SSSR count). The Bertz CT molecular complexity index is 413. The number of nitrogens with one attached hydrogen (secondary N) is 1. The molecule has 0 saturated carbocycles. The minimum atomic E-state index is 0.575. The van der Waals surface area contributed by atoms with Gasteiger partial charge in [-0.25, -0.2) is 0 Å². The van der Waals surface area contributed by atoms with Gasteiger partial charge in [-0.05, 0) is 34.1 Å². The average Bonchev–Trinajstić information content (AvgIpc) is 2.27. The fraction of sp³-hybridized carbons (Fsp3) is 0.467. The first-order valence-corrected chi connectivity index (χ1v) is 6.17. The van der Waals surface area contributed by atoms with Crippen LogP contribution in [0.25, 0.3) is 5.57 Å². The van der Waals surface area contributed by atoms with E-state index in [0.717, 1.165) is 6.54 Å². The maximum Gasteiger partial charge on any atom is 0.0401 e. The number of hydrogen-bond acceptors (Lipinski definition) is 1. The van der Waals surface area contributed by atoms with Crippen molar-refractivity contribution < 1.29 is 0 Å². The number of benzene rings is 1. The molecule has 1 aromatic carbocycles. The van der Waals surface area contributed by atoms with E-state index in [1.807, 2.05) is 0 Å². The highest BCUT2D eigenvalue weighted by Crippen LogP contribution is 2.34. The molecule has 1 N–H and O–H groups in total. The highest BCUT2D eigenvalue weighted by molar-refractivity contribution is 5.73. The Morgan fingerprint density at radius 2 is 1.81 bits per heavy atom. The summed E-state index contributed by atoms with van der Waals surface area (Å²) in [6.07, 6.45) is 2.19. The van der Waals surface area contributed by atoms with Crippen LogP contribution in [-0.2, 0) is 6.54 Å². The van der Waals surface area contributed by atoms with Crippen molar-refractivity contribution in [2.45, 2.75) is 40.2 Å². The van der Waals surface area contributed by atoms with E-state index in [1.165, 1.54) is 22.3 Å². The molecule has 1 heteroatoms. The number of hydrogen-bond donors (Lipinski definition) is 1. The quantitative estimate of drug-likeness (QED) is 0.788. The Morgan fingerprint density at radius 1 is 1.06 bits per heavy atom. The summed E-state index contributed by atoms with van der Waals surface area (Å²) in [4.78, 5) is 0. The van der Waals surface area contributed by atoms with Crippen LogP contribution in [0.2, 0.25) is 0 Å². The Kier molecular flexibility index (Phi) is 3.04. The van der Waals surface area contributed by atoms with E-state index < -0.39 is 0 Å². The minimum Gasteiger partial charge on any atom is -0.387 e. The van der Waals surface area contributed by atoms with E-state index in [1.54, 1.807) is 0 Å². The molecule has 16 heavy (non-hydrogen) atoms. The lowest BCUT2D eigenvalue weighted by molar-refractivity contribution is 0.772. The lowest BCUT2D eigenvalue weighted by Gasteiger charge is -2.26. The van der Waals surface area contributed by atoms with Crippen LogP contribution < -0.4 is 5.32 Å². The molecule has 1 heterocycles. The van der Waals surface area contributed by atoms with Gasteiger partial charge in [-0.3, -0.25) is 0 Å². The summed E-state index contributed by atoms with van der Waals surface area (Å²) in [5.74, 6) is 1.17. The smallest absolute Gasteiger partial charge is 0.0401 e. The molecule has 0 atom stereocenters. The van der Waals surface area contributed by atoms with Gasteiger partial charge in [0.05, 0.1) is 0 Å². The number of allylic oxidation sites excluding steroid dienone is 1. The first-order chi connectivity index (χ1) is 7.61. The van der Waals surface area contributed by atoms with E-state index in [9.17, 15) is 0 Å². The van der Waals surface area contributed by atoms with Crippen molar-refractivity contribution >= 4 is 5.57 Å². The Balaban J connectivity index is 2.59. The third kappa shape index (κ3) is 1.87. The normalized spacial score (nSPS) is 14.8. The van der Waals surface area contributed by atoms with Crippen molar-refractivity contribution in [3.8, 4) is 0 Å². The van der Waals surface area contributed by atoms with Gasteiger partial charge in [0.25, 0.3) is 0 Å². The summed E-state index contributed by atoms with van der Waals surface area (Å²) in [5.41, 5.74) is 5.87. The molecule has 1 nitrogen and oxygen atoms in total. The van der Waals surface area contributed by atoms with Crippen LogP contribution in [-0.4, -0.2) is 0 Å². The van der Waals surface area contributed by atoms with Crippen LogP contribution in [0.4, 0.5) is 0 Å². The SMILES string of the molecule is CC(C)C1=CNCc2cccc(C(C)C)c21. The van der Waals surface area contributed by atoms with Crippen molar-refractivity contribution in [1.82, 2.24) is 5.32 Å². The summed E-state index contributed by atoms with van der Waals surface area (Å²) in [6.45, 7) is 10.0. The van der Waals surface area contributed by atoms with Gasteiger partial charge in [0, 0.05) is 12.7 Å². The van der Waals surface area contributed by atoms with Crippen molar-refractivity contribution in [3.05, 3.63) is 41.1 Å². The number of rotatable bonds is 2. The second-order valence-electron chi connectivity index (χ2n) is 5.17.